The summed E-state index contributed by atoms with van der Waals surface area (Å²) in [5, 5.41) is 64.6. The summed E-state index contributed by atoms with van der Waals surface area (Å²) >= 11 is 0. The van der Waals surface area contributed by atoms with Gasteiger partial charge < -0.3 is 28.9 Å². The molecule has 7 aliphatic rings. The summed E-state index contributed by atoms with van der Waals surface area (Å²) in [5.41, 5.74) is 20.2. The maximum Gasteiger partial charge on any atom is 0.264 e. The highest BCUT2D eigenvalue weighted by Crippen LogP contribution is 2.41. The number of oxime groups is 5. The number of sulfone groups is 5. The van der Waals surface area contributed by atoms with Crippen LogP contribution < -0.4 is 32.1 Å². The Morgan fingerprint density at radius 3 is 0.871 bits per heavy atom. The molecule has 0 bridgehead atoms. The van der Waals surface area contributed by atoms with Crippen LogP contribution in [0.25, 0.3) is 11.1 Å². The van der Waals surface area contributed by atoms with Crippen molar-refractivity contribution in [2.45, 2.75) is 199 Å². The van der Waals surface area contributed by atoms with Gasteiger partial charge in [0, 0.05) is 113 Å². The van der Waals surface area contributed by atoms with Gasteiger partial charge in [0.1, 0.15) is 42.9 Å². The Hall–Kier alpha value is -12.0. The second-order valence-corrected chi connectivity index (χ2v) is 46.0. The van der Waals surface area contributed by atoms with Crippen molar-refractivity contribution in [1.29, 1.82) is 0 Å². The second kappa shape index (κ2) is 44.1. The van der Waals surface area contributed by atoms with Gasteiger partial charge in [-0.3, -0.25) is 50.0 Å². The Balaban J connectivity index is 0.000000186. The van der Waals surface area contributed by atoms with Crippen LogP contribution in [0, 0.1) is 41.4 Å². The lowest BCUT2D eigenvalue weighted by molar-refractivity contribution is -0.133. The van der Waals surface area contributed by atoms with Gasteiger partial charge in [-0.15, -0.1) is 11.8 Å². The normalized spacial score (nSPS) is 20.0. The number of hydroxylamine groups is 5. The Morgan fingerprint density at radius 2 is 0.614 bits per heavy atom. The molecule has 0 saturated heterocycles. The number of amides is 5. The monoisotopic (exact) mass is 1920 g/mol. The fourth-order valence-corrected chi connectivity index (χ4v) is 18.6. The smallest absolute Gasteiger partial charge is 0.264 e. The van der Waals surface area contributed by atoms with Crippen molar-refractivity contribution in [3.05, 3.63) is 196 Å². The van der Waals surface area contributed by atoms with E-state index in [0.29, 0.717) is 79.1 Å². The van der Waals surface area contributed by atoms with Crippen molar-refractivity contribution in [3.63, 3.8) is 0 Å². The van der Waals surface area contributed by atoms with Crippen LogP contribution in [-0.4, -0.2) is 218 Å². The predicted molar refractivity (Wildman–Crippen MR) is 490 cm³/mol. The first-order valence-electron chi connectivity index (χ1n) is 41.5. The number of hydrogen-bond acceptors (Lipinski definition) is 31. The van der Waals surface area contributed by atoms with Gasteiger partial charge in [-0.25, -0.2) is 69.5 Å². The topological polar surface area (TPSA) is 535 Å². The lowest BCUT2D eigenvalue weighted by atomic mass is 9.95. The van der Waals surface area contributed by atoms with E-state index in [-0.39, 0.29) is 32.1 Å². The SMILES string of the molecule is CC#CCOc1ccc(C2=NOC(CC(C)(C(=O)NO)S(C)(=O)=O)C2)cc1.CC#Cc1ccc(C2=NO[C@@H](C[C@](C)(C(=O)NO)S(C)(=O)=O)C2)cc1.CC(CC1CC(c2ccc(-c3ccccc3)cc2)=NO1)(C(=O)NO)S(C)(=O)=O.CC(CC1CC(c2ccc(C3CC3)cc2)=NO1)(C(=O)NO)S(C)(=O)=O.C[C@@](C[C@H]1CC(c2ccc(C#CC3CC3)cc2)=NO1)(C(=O)NO)S(C)(=O)=O. The Kier molecular flexibility index (Phi) is 34.6. The molecule has 5 heterocycles. The minimum Gasteiger partial charge on any atom is -0.481 e. The number of nitrogens with one attached hydrogen (secondary N) is 5. The fourth-order valence-electron chi connectivity index (χ4n) is 14.2. The molecule has 2 aliphatic carbocycles. The van der Waals surface area contributed by atoms with E-state index < -0.39 is 133 Å². The summed E-state index contributed by atoms with van der Waals surface area (Å²) in [4.78, 5) is 86.3. The number of ether oxygens (including phenoxy) is 1. The van der Waals surface area contributed by atoms with E-state index in [2.05, 4.69) is 73.4 Å². The number of benzene rings is 6. The maximum atomic E-state index is 12.1. The van der Waals surface area contributed by atoms with Gasteiger partial charge in [-0.1, -0.05) is 153 Å². The molecule has 2 fully saturated rings. The molecule has 5 amide bonds. The number of rotatable bonds is 29. The third kappa shape index (κ3) is 26.3. The second-order valence-electron chi connectivity index (χ2n) is 33.7. The molecule has 132 heavy (non-hydrogen) atoms. The molecule has 5 aliphatic heterocycles. The number of carbonyl (C=O) groups excluding carboxylic acids is 5. The first-order valence-corrected chi connectivity index (χ1v) is 51.0. The molecule has 2 saturated carbocycles. The number of carbonyl (C=O) groups is 5. The van der Waals surface area contributed by atoms with Crippen molar-refractivity contribution in [3.8, 4) is 52.4 Å². The summed E-state index contributed by atoms with van der Waals surface area (Å²) in [6.45, 7) is 10.1. The molecular formula is C91H108N10O26S5. The van der Waals surface area contributed by atoms with Crippen LogP contribution in [0.15, 0.2) is 177 Å². The number of nitrogens with zero attached hydrogens (tertiary/aromatic N) is 5. The standard InChI is InChI=1S/C20H22N2O5S.C19H22N2O5S.C18H22N2O6S.C17H22N2O5S.C17H20N2O5S/c1-20(19(23)21-24,28(2,25)26)13-17-12-18(22-27-17)16-10-8-15(9-11-16)14-6-4-3-5-7-14;1-19(18(22)20-23,27(2,24)25)12-16-11-17(21-26-16)15-9-7-14(8-10-15)6-5-13-3-4-13;1-4-5-10-25-14-8-6-13(7-9-14)16-11-15(26-20-16)12-18(2,17(21)19-22)27(3,23)24;1-17(16(20)18-21,25(2,22)23)10-14-9-15(19-24-14)13-7-5-12(6-8-13)11-3-4-11;1-4-5-12-6-8-13(9-7-12)15-10-14(24-19-15)11-17(2,16(20)18-21)25(3,22)23/h3-11,17,24H,12-13H2,1-2H3,(H,21,23);7-10,13,16,23H,3-4,11-12H2,1-2H3,(H,20,22);6-9,15,22H,10-12H2,1-3H3,(H,19,21);5-8,11,14,21H,3-4,9-10H2,1-2H3,(H,18,20);6-9,14,21H,10-11H2,1-3H3,(H,18,20)/t;16-,19-;;;14-,17-/m.1..1/s1. The maximum absolute atomic E-state index is 12.1. The van der Waals surface area contributed by atoms with Crippen LogP contribution in [0.5, 0.6) is 5.75 Å². The predicted octanol–water partition coefficient (Wildman–Crippen LogP) is 8.47. The van der Waals surface area contributed by atoms with Crippen molar-refractivity contribution in [2.24, 2.45) is 31.7 Å². The minimum atomic E-state index is -3.79. The summed E-state index contributed by atoms with van der Waals surface area (Å²) in [7, 11) is -18.9. The summed E-state index contributed by atoms with van der Waals surface area (Å²) in [6.07, 6.45) is 8.00. The fraction of sp³-hybridized carbons (Fsp3) is 0.429. The Bertz CT molecular complexity index is 6190. The summed E-state index contributed by atoms with van der Waals surface area (Å²) < 4.78 is 117. The zero-order valence-corrected chi connectivity index (χ0v) is 78.8. The van der Waals surface area contributed by atoms with Crippen LogP contribution >= 0.6 is 0 Å². The summed E-state index contributed by atoms with van der Waals surface area (Å²) in [5.74, 6) is 14.6. The zero-order valence-electron chi connectivity index (χ0n) is 74.7. The molecule has 0 spiro atoms. The highest BCUT2D eigenvalue weighted by molar-refractivity contribution is 7.94. The molecule has 13 rings (SSSR count). The molecule has 708 valence electrons. The minimum absolute atomic E-state index is 0.0919. The third-order valence-electron chi connectivity index (χ3n) is 23.7. The van der Waals surface area contributed by atoms with Gasteiger partial charge >= 0.3 is 0 Å². The third-order valence-corrected chi connectivity index (χ3v) is 33.7. The molecule has 0 radical (unpaired) electrons. The van der Waals surface area contributed by atoms with Crippen molar-refractivity contribution in [2.75, 3.05) is 37.9 Å². The van der Waals surface area contributed by atoms with Gasteiger partial charge in [-0.2, -0.15) is 0 Å². The van der Waals surface area contributed by atoms with E-state index in [1.165, 1.54) is 93.3 Å². The quantitative estimate of drug-likeness (QED) is 0.0119. The summed E-state index contributed by atoms with van der Waals surface area (Å²) in [6, 6.07) is 48.2. The van der Waals surface area contributed by atoms with Crippen LogP contribution in [-0.2, 0) is 97.3 Å². The van der Waals surface area contributed by atoms with Crippen LogP contribution in [0.1, 0.15) is 189 Å². The van der Waals surface area contributed by atoms with Crippen molar-refractivity contribution >= 4 is 107 Å². The van der Waals surface area contributed by atoms with Crippen LogP contribution in [0.3, 0.4) is 0 Å². The molecule has 36 nitrogen and oxygen atoms in total. The highest BCUT2D eigenvalue weighted by atomic mass is 32.2. The molecule has 6 aromatic carbocycles. The molecule has 6 unspecified atom stereocenters. The van der Waals surface area contributed by atoms with Gasteiger partial charge in [0.05, 0.1) is 28.6 Å². The Labute approximate surface area is 767 Å². The van der Waals surface area contributed by atoms with E-state index in [9.17, 15) is 66.1 Å². The Morgan fingerprint density at radius 1 is 0.356 bits per heavy atom. The molecule has 6 aromatic rings. The number of hydrogen-bond donors (Lipinski definition) is 10. The van der Waals surface area contributed by atoms with Gasteiger partial charge in [0.2, 0.25) is 0 Å². The van der Waals surface area contributed by atoms with Gasteiger partial charge in [0.25, 0.3) is 29.5 Å². The molecule has 10 atom stereocenters. The molecule has 41 heteroatoms. The largest absolute Gasteiger partial charge is 0.481 e. The zero-order chi connectivity index (χ0) is 97.0. The lowest BCUT2D eigenvalue weighted by Crippen LogP contribution is -2.51. The van der Waals surface area contributed by atoms with E-state index in [4.69, 9.17) is 55.0 Å². The van der Waals surface area contributed by atoms with Crippen molar-refractivity contribution < 1.29 is 121 Å². The van der Waals surface area contributed by atoms with Crippen LogP contribution in [0.4, 0.5) is 0 Å². The first-order chi connectivity index (χ1) is 62.1. The first kappa shape index (κ1) is 104. The average molecular weight is 1920 g/mol. The van der Waals surface area contributed by atoms with Crippen molar-refractivity contribution in [1.82, 2.24) is 27.4 Å². The van der Waals surface area contributed by atoms with E-state index in [0.717, 1.165) is 87.1 Å². The average Bonchev–Trinajstić information content (AvgIpc) is 1.46. The van der Waals surface area contributed by atoms with Crippen LogP contribution in [0.2, 0.25) is 0 Å². The lowest BCUT2D eigenvalue weighted by Gasteiger charge is -2.26. The van der Waals surface area contributed by atoms with E-state index in [1.54, 1.807) is 26.0 Å². The molecule has 10 N–H and O–H groups in total. The van der Waals surface area contributed by atoms with E-state index >= 15 is 0 Å². The van der Waals surface area contributed by atoms with E-state index in [1.807, 2.05) is 127 Å². The molecular weight excluding hydrogens is 1810 g/mol. The van der Waals surface area contributed by atoms with Gasteiger partial charge in [0.15, 0.2) is 72.9 Å². The van der Waals surface area contributed by atoms with Gasteiger partial charge in [-0.05, 0) is 173 Å². The highest BCUT2D eigenvalue weighted by Gasteiger charge is 2.52. The molecule has 0 aromatic heterocycles.